The summed E-state index contributed by atoms with van der Waals surface area (Å²) in [6.07, 6.45) is 8.37. The quantitative estimate of drug-likeness (QED) is 0.498. The molecule has 0 aliphatic heterocycles. The van der Waals surface area contributed by atoms with Crippen molar-refractivity contribution in [2.24, 2.45) is 17.8 Å². The summed E-state index contributed by atoms with van der Waals surface area (Å²) in [5, 5.41) is 0. The molecular formula is C14H30. The molecule has 3 unspecified atom stereocenters. The summed E-state index contributed by atoms with van der Waals surface area (Å²) in [7, 11) is 0. The van der Waals surface area contributed by atoms with Gasteiger partial charge in [0.25, 0.3) is 0 Å². The fourth-order valence-electron chi connectivity index (χ4n) is 2.28. The third-order valence-corrected chi connectivity index (χ3v) is 3.54. The van der Waals surface area contributed by atoms with Gasteiger partial charge in [-0.25, -0.2) is 0 Å². The molecule has 0 aliphatic carbocycles. The number of hydrogen-bond donors (Lipinski definition) is 0. The highest BCUT2D eigenvalue weighted by molar-refractivity contribution is 4.65. The van der Waals surface area contributed by atoms with Gasteiger partial charge >= 0.3 is 0 Å². The van der Waals surface area contributed by atoms with Gasteiger partial charge in [0.1, 0.15) is 0 Å². The maximum atomic E-state index is 2.43. The second-order valence-electron chi connectivity index (χ2n) is 5.23. The van der Waals surface area contributed by atoms with Gasteiger partial charge in [-0.1, -0.05) is 66.7 Å². The van der Waals surface area contributed by atoms with E-state index in [1.54, 1.807) is 0 Å². The van der Waals surface area contributed by atoms with E-state index >= 15 is 0 Å². The van der Waals surface area contributed by atoms with Crippen molar-refractivity contribution in [1.29, 1.82) is 0 Å². The van der Waals surface area contributed by atoms with E-state index in [0.29, 0.717) is 0 Å². The second kappa shape index (κ2) is 8.32. The number of unbranched alkanes of at least 4 members (excludes halogenated alkanes) is 1. The van der Waals surface area contributed by atoms with Crippen LogP contribution in [0, 0.1) is 17.8 Å². The predicted octanol–water partition coefficient (Wildman–Crippen LogP) is 5.28. The Kier molecular flexibility index (Phi) is 8.32. The molecule has 0 N–H and O–H groups in total. The van der Waals surface area contributed by atoms with Crippen LogP contribution in [-0.4, -0.2) is 0 Å². The van der Waals surface area contributed by atoms with Crippen molar-refractivity contribution in [1.82, 2.24) is 0 Å². The van der Waals surface area contributed by atoms with E-state index in [2.05, 4.69) is 34.6 Å². The van der Waals surface area contributed by atoms with Gasteiger partial charge in [0.2, 0.25) is 0 Å². The fraction of sp³-hybridized carbons (Fsp3) is 1.00. The molecule has 0 saturated carbocycles. The van der Waals surface area contributed by atoms with Crippen molar-refractivity contribution in [3.8, 4) is 0 Å². The molecule has 0 amide bonds. The van der Waals surface area contributed by atoms with E-state index < -0.39 is 0 Å². The molecule has 0 fully saturated rings. The molecule has 0 radical (unpaired) electrons. The molecule has 0 aromatic carbocycles. The summed E-state index contributed by atoms with van der Waals surface area (Å²) in [4.78, 5) is 0. The Morgan fingerprint density at radius 3 is 1.93 bits per heavy atom. The van der Waals surface area contributed by atoms with Gasteiger partial charge in [0, 0.05) is 0 Å². The maximum absolute atomic E-state index is 2.43. The minimum absolute atomic E-state index is 0.918. The van der Waals surface area contributed by atoms with Crippen molar-refractivity contribution in [3.05, 3.63) is 0 Å². The third kappa shape index (κ3) is 6.45. The zero-order chi connectivity index (χ0) is 11.0. The van der Waals surface area contributed by atoms with Crippen molar-refractivity contribution in [3.63, 3.8) is 0 Å². The molecule has 0 aromatic rings. The highest BCUT2D eigenvalue weighted by Gasteiger charge is 2.14. The van der Waals surface area contributed by atoms with Gasteiger partial charge in [-0.15, -0.1) is 0 Å². The molecule has 0 heteroatoms. The SMILES string of the molecule is CCCCC(C)CC(C)C(C)CCC. The van der Waals surface area contributed by atoms with Crippen molar-refractivity contribution in [2.45, 2.75) is 73.1 Å². The first-order chi connectivity index (χ1) is 6.61. The third-order valence-electron chi connectivity index (χ3n) is 3.54. The summed E-state index contributed by atoms with van der Waals surface area (Å²) in [5.74, 6) is 2.77. The van der Waals surface area contributed by atoms with Gasteiger partial charge < -0.3 is 0 Å². The van der Waals surface area contributed by atoms with Gasteiger partial charge in [-0.05, 0) is 24.2 Å². The Labute approximate surface area is 91.5 Å². The number of hydrogen-bond acceptors (Lipinski definition) is 0. The molecule has 0 rings (SSSR count). The molecule has 0 aliphatic rings. The van der Waals surface area contributed by atoms with Crippen molar-refractivity contribution < 1.29 is 0 Å². The molecular weight excluding hydrogens is 168 g/mol. The lowest BCUT2D eigenvalue weighted by Crippen LogP contribution is -2.11. The van der Waals surface area contributed by atoms with E-state index in [-0.39, 0.29) is 0 Å². The smallest absolute Gasteiger partial charge is 0.0414 e. The zero-order valence-corrected chi connectivity index (χ0v) is 11.0. The molecule has 14 heavy (non-hydrogen) atoms. The van der Waals surface area contributed by atoms with Crippen LogP contribution in [-0.2, 0) is 0 Å². The molecule has 3 atom stereocenters. The van der Waals surface area contributed by atoms with Crippen LogP contribution in [0.25, 0.3) is 0 Å². The van der Waals surface area contributed by atoms with Gasteiger partial charge in [0.15, 0.2) is 0 Å². The van der Waals surface area contributed by atoms with Gasteiger partial charge in [0.05, 0.1) is 0 Å². The van der Waals surface area contributed by atoms with Crippen molar-refractivity contribution >= 4 is 0 Å². The molecule has 86 valence electrons. The van der Waals surface area contributed by atoms with Crippen LogP contribution >= 0.6 is 0 Å². The first-order valence-corrected chi connectivity index (χ1v) is 6.61. The average molecular weight is 198 g/mol. The summed E-state index contributed by atoms with van der Waals surface area (Å²) in [5.41, 5.74) is 0. The van der Waals surface area contributed by atoms with Crippen LogP contribution in [0.1, 0.15) is 73.1 Å². The van der Waals surface area contributed by atoms with Crippen LogP contribution in [0.4, 0.5) is 0 Å². The second-order valence-corrected chi connectivity index (χ2v) is 5.23. The van der Waals surface area contributed by atoms with E-state index in [9.17, 15) is 0 Å². The highest BCUT2D eigenvalue weighted by atomic mass is 14.2. The molecule has 0 saturated heterocycles. The molecule has 0 spiro atoms. The van der Waals surface area contributed by atoms with Crippen molar-refractivity contribution in [2.75, 3.05) is 0 Å². The minimum Gasteiger partial charge on any atom is -0.0654 e. The summed E-state index contributed by atoms with van der Waals surface area (Å²) in [6, 6.07) is 0. The van der Waals surface area contributed by atoms with E-state index in [1.165, 1.54) is 38.5 Å². The first kappa shape index (κ1) is 14.0. The summed E-state index contributed by atoms with van der Waals surface area (Å²) < 4.78 is 0. The lowest BCUT2D eigenvalue weighted by atomic mass is 9.83. The summed E-state index contributed by atoms with van der Waals surface area (Å²) in [6.45, 7) is 11.9. The van der Waals surface area contributed by atoms with Gasteiger partial charge in [-0.2, -0.15) is 0 Å². The van der Waals surface area contributed by atoms with E-state index in [0.717, 1.165) is 17.8 Å². The Hall–Kier alpha value is 0. The Morgan fingerprint density at radius 2 is 1.43 bits per heavy atom. The Balaban J connectivity index is 3.63. The molecule has 0 aromatic heterocycles. The van der Waals surface area contributed by atoms with Gasteiger partial charge in [-0.3, -0.25) is 0 Å². The standard InChI is InChI=1S/C14H30/c1-6-8-10-12(3)11-14(5)13(4)9-7-2/h12-14H,6-11H2,1-5H3. The minimum atomic E-state index is 0.918. The maximum Gasteiger partial charge on any atom is -0.0414 e. The highest BCUT2D eigenvalue weighted by Crippen LogP contribution is 2.25. The molecule has 0 bridgehead atoms. The monoisotopic (exact) mass is 198 g/mol. The Morgan fingerprint density at radius 1 is 0.786 bits per heavy atom. The lowest BCUT2D eigenvalue weighted by molar-refractivity contribution is 0.288. The average Bonchev–Trinajstić information content (AvgIpc) is 2.15. The number of rotatable bonds is 8. The summed E-state index contributed by atoms with van der Waals surface area (Å²) >= 11 is 0. The fourth-order valence-corrected chi connectivity index (χ4v) is 2.28. The van der Waals surface area contributed by atoms with Crippen LogP contribution < -0.4 is 0 Å². The molecule has 0 nitrogen and oxygen atoms in total. The largest absolute Gasteiger partial charge is 0.0654 e. The zero-order valence-electron chi connectivity index (χ0n) is 11.0. The van der Waals surface area contributed by atoms with E-state index in [1.807, 2.05) is 0 Å². The van der Waals surface area contributed by atoms with E-state index in [4.69, 9.17) is 0 Å². The predicted molar refractivity (Wildman–Crippen MR) is 66.5 cm³/mol. The Bertz CT molecular complexity index is 117. The first-order valence-electron chi connectivity index (χ1n) is 6.61. The lowest BCUT2D eigenvalue weighted by Gasteiger charge is -2.22. The topological polar surface area (TPSA) is 0 Å². The van der Waals surface area contributed by atoms with Crippen LogP contribution in [0.5, 0.6) is 0 Å². The normalized spacial score (nSPS) is 17.8. The van der Waals surface area contributed by atoms with Crippen LogP contribution in [0.2, 0.25) is 0 Å². The van der Waals surface area contributed by atoms with Crippen LogP contribution in [0.3, 0.4) is 0 Å². The van der Waals surface area contributed by atoms with Crippen LogP contribution in [0.15, 0.2) is 0 Å². The molecule has 0 heterocycles.